The van der Waals surface area contributed by atoms with Crippen molar-refractivity contribution in [3.63, 3.8) is 0 Å². The van der Waals surface area contributed by atoms with Gasteiger partial charge >= 0.3 is 5.69 Å². The maximum absolute atomic E-state index is 11.2. The lowest BCUT2D eigenvalue weighted by molar-refractivity contribution is -0.384. The zero-order valence-electron chi connectivity index (χ0n) is 12.8. The number of aromatic nitrogens is 2. The zero-order chi connectivity index (χ0) is 15.3. The van der Waals surface area contributed by atoms with Gasteiger partial charge in [0.05, 0.1) is 4.92 Å². The third kappa shape index (κ3) is 4.04. The number of nitro groups is 1. The second-order valence-corrected chi connectivity index (χ2v) is 5.33. The lowest BCUT2D eigenvalue weighted by atomic mass is 10.1. The molecule has 112 valence electrons. The van der Waals surface area contributed by atoms with Crippen molar-refractivity contribution in [1.82, 2.24) is 9.97 Å². The summed E-state index contributed by atoms with van der Waals surface area (Å²) in [4.78, 5) is 21.0. The van der Waals surface area contributed by atoms with Crippen LogP contribution in [0.3, 0.4) is 0 Å². The second-order valence-electron chi connectivity index (χ2n) is 5.33. The Hall–Kier alpha value is -1.92. The average molecular weight is 281 g/mol. The van der Waals surface area contributed by atoms with E-state index in [1.54, 1.807) is 0 Å². The highest BCUT2D eigenvalue weighted by atomic mass is 16.6. The quantitative estimate of drug-likeness (QED) is 0.611. The van der Waals surface area contributed by atoms with Gasteiger partial charge in [-0.1, -0.05) is 13.8 Å². The Morgan fingerprint density at radius 1 is 1.40 bits per heavy atom. The molecule has 1 N–H and O–H groups in total. The van der Waals surface area contributed by atoms with Crippen LogP contribution in [0.15, 0.2) is 6.20 Å². The Morgan fingerprint density at radius 2 is 2.05 bits per heavy atom. The minimum absolute atomic E-state index is 0.0546. The number of nitrogens with one attached hydrogen (secondary N) is 1. The van der Waals surface area contributed by atoms with Gasteiger partial charge in [0.25, 0.3) is 0 Å². The van der Waals surface area contributed by atoms with E-state index in [0.717, 1.165) is 0 Å². The summed E-state index contributed by atoms with van der Waals surface area (Å²) < 4.78 is 0. The van der Waals surface area contributed by atoms with Crippen LogP contribution in [-0.4, -0.2) is 34.0 Å². The Labute approximate surface area is 119 Å². The first kappa shape index (κ1) is 16.1. The lowest BCUT2D eigenvalue weighted by Gasteiger charge is -2.29. The highest BCUT2D eigenvalue weighted by molar-refractivity contribution is 5.59. The molecule has 0 bridgehead atoms. The fourth-order valence-corrected chi connectivity index (χ4v) is 1.89. The van der Waals surface area contributed by atoms with Crippen molar-refractivity contribution < 1.29 is 4.92 Å². The minimum Gasteiger partial charge on any atom is -0.354 e. The van der Waals surface area contributed by atoms with Crippen LogP contribution in [0.2, 0.25) is 0 Å². The molecule has 0 atom stereocenters. The van der Waals surface area contributed by atoms with E-state index in [-0.39, 0.29) is 11.7 Å². The molecule has 0 saturated carbocycles. The summed E-state index contributed by atoms with van der Waals surface area (Å²) in [6.45, 7) is 11.5. The number of anilines is 2. The number of nitrogens with zero attached hydrogens (tertiary/aromatic N) is 4. The molecular weight excluding hydrogens is 258 g/mol. The van der Waals surface area contributed by atoms with Crippen LogP contribution in [-0.2, 0) is 0 Å². The minimum atomic E-state index is -0.430. The molecule has 0 aliphatic rings. The van der Waals surface area contributed by atoms with Crippen molar-refractivity contribution in [2.24, 2.45) is 5.92 Å². The van der Waals surface area contributed by atoms with Crippen molar-refractivity contribution in [3.8, 4) is 0 Å². The topological polar surface area (TPSA) is 84.2 Å². The summed E-state index contributed by atoms with van der Waals surface area (Å²) in [7, 11) is 0. The van der Waals surface area contributed by atoms with Gasteiger partial charge in [-0.25, -0.2) is 4.98 Å². The maximum atomic E-state index is 11.2. The molecule has 7 heteroatoms. The van der Waals surface area contributed by atoms with Crippen LogP contribution in [0, 0.1) is 16.0 Å². The molecule has 0 radical (unpaired) electrons. The van der Waals surface area contributed by atoms with Gasteiger partial charge in [-0.3, -0.25) is 10.1 Å². The first-order valence-corrected chi connectivity index (χ1v) is 6.88. The molecule has 0 amide bonds. The predicted molar refractivity (Wildman–Crippen MR) is 80.2 cm³/mol. The van der Waals surface area contributed by atoms with Gasteiger partial charge in [0.1, 0.15) is 6.20 Å². The normalized spacial score (nSPS) is 10.9. The van der Waals surface area contributed by atoms with E-state index >= 15 is 0 Å². The Balaban J connectivity index is 3.27. The van der Waals surface area contributed by atoms with E-state index in [1.807, 2.05) is 25.7 Å². The molecule has 20 heavy (non-hydrogen) atoms. The number of hydrogen-bond acceptors (Lipinski definition) is 6. The molecule has 1 aromatic rings. The zero-order valence-corrected chi connectivity index (χ0v) is 12.8. The lowest BCUT2D eigenvalue weighted by Crippen LogP contribution is -2.35. The van der Waals surface area contributed by atoms with Gasteiger partial charge in [-0.05, 0) is 26.7 Å². The summed E-state index contributed by atoms with van der Waals surface area (Å²) in [6, 6.07) is 0.125. The molecule has 0 spiro atoms. The van der Waals surface area contributed by atoms with Crippen molar-refractivity contribution in [2.75, 3.05) is 23.3 Å². The van der Waals surface area contributed by atoms with Crippen molar-refractivity contribution in [1.29, 1.82) is 0 Å². The van der Waals surface area contributed by atoms with Crippen LogP contribution in [0.5, 0.6) is 0 Å². The third-order valence-electron chi connectivity index (χ3n) is 2.74. The summed E-state index contributed by atoms with van der Waals surface area (Å²) >= 11 is 0. The Bertz CT molecular complexity index is 462. The van der Waals surface area contributed by atoms with Crippen LogP contribution < -0.4 is 10.2 Å². The molecular formula is C13H23N5O2. The smallest absolute Gasteiger partial charge is 0.329 e. The van der Waals surface area contributed by atoms with E-state index in [4.69, 9.17) is 0 Å². The molecule has 0 aromatic carbocycles. The van der Waals surface area contributed by atoms with Crippen LogP contribution >= 0.6 is 0 Å². The predicted octanol–water partition coefficient (Wildman–Crippen LogP) is 2.69. The monoisotopic (exact) mass is 281 g/mol. The van der Waals surface area contributed by atoms with E-state index in [9.17, 15) is 10.1 Å². The standard InChI is InChI=1S/C13H23N5O2/c1-6-14-13-15-7-11(18(19)20)12(16-13)17(10(4)5)8-9(2)3/h7,9-10H,6,8H2,1-5H3,(H,14,15,16). The molecule has 0 unspecified atom stereocenters. The summed E-state index contributed by atoms with van der Waals surface area (Å²) in [5, 5.41) is 14.2. The first-order valence-electron chi connectivity index (χ1n) is 6.88. The molecule has 0 fully saturated rings. The fourth-order valence-electron chi connectivity index (χ4n) is 1.89. The highest BCUT2D eigenvalue weighted by Crippen LogP contribution is 2.28. The van der Waals surface area contributed by atoms with Gasteiger partial charge in [0.2, 0.25) is 11.8 Å². The summed E-state index contributed by atoms with van der Waals surface area (Å²) in [5.41, 5.74) is -0.0546. The highest BCUT2D eigenvalue weighted by Gasteiger charge is 2.25. The molecule has 0 aliphatic heterocycles. The van der Waals surface area contributed by atoms with Crippen molar-refractivity contribution in [2.45, 2.75) is 40.7 Å². The van der Waals surface area contributed by atoms with Crippen LogP contribution in [0.4, 0.5) is 17.5 Å². The molecule has 1 aromatic heterocycles. The van der Waals surface area contributed by atoms with Gasteiger partial charge in [-0.15, -0.1) is 0 Å². The van der Waals surface area contributed by atoms with Gasteiger partial charge in [0, 0.05) is 19.1 Å². The maximum Gasteiger partial charge on any atom is 0.329 e. The SMILES string of the molecule is CCNc1ncc([N+](=O)[O-])c(N(CC(C)C)C(C)C)n1. The van der Waals surface area contributed by atoms with E-state index in [0.29, 0.717) is 30.8 Å². The van der Waals surface area contributed by atoms with E-state index < -0.39 is 4.92 Å². The first-order chi connectivity index (χ1) is 9.36. The molecule has 0 saturated heterocycles. The van der Waals surface area contributed by atoms with Crippen molar-refractivity contribution >= 4 is 17.5 Å². The van der Waals surface area contributed by atoms with Gasteiger partial charge in [0.15, 0.2) is 0 Å². The molecule has 7 nitrogen and oxygen atoms in total. The van der Waals surface area contributed by atoms with E-state index in [1.165, 1.54) is 6.20 Å². The second kappa shape index (κ2) is 7.02. The number of hydrogen-bond donors (Lipinski definition) is 1. The third-order valence-corrected chi connectivity index (χ3v) is 2.74. The molecule has 1 rings (SSSR count). The van der Waals surface area contributed by atoms with E-state index in [2.05, 4.69) is 29.1 Å². The average Bonchev–Trinajstić information content (AvgIpc) is 2.35. The van der Waals surface area contributed by atoms with Gasteiger partial charge < -0.3 is 10.2 Å². The fraction of sp³-hybridized carbons (Fsp3) is 0.692. The van der Waals surface area contributed by atoms with Gasteiger partial charge in [-0.2, -0.15) is 4.98 Å². The summed E-state index contributed by atoms with van der Waals surface area (Å²) in [5.74, 6) is 1.18. The Morgan fingerprint density at radius 3 is 2.50 bits per heavy atom. The summed E-state index contributed by atoms with van der Waals surface area (Å²) in [6.07, 6.45) is 1.27. The Kier molecular flexibility index (Phi) is 5.66. The number of rotatable bonds is 7. The largest absolute Gasteiger partial charge is 0.354 e. The van der Waals surface area contributed by atoms with Crippen molar-refractivity contribution in [3.05, 3.63) is 16.3 Å². The molecule has 1 heterocycles. The van der Waals surface area contributed by atoms with Crippen LogP contribution in [0.25, 0.3) is 0 Å². The molecule has 0 aliphatic carbocycles. The van der Waals surface area contributed by atoms with Crippen LogP contribution in [0.1, 0.15) is 34.6 Å².